The van der Waals surface area contributed by atoms with Crippen LogP contribution in [-0.4, -0.2) is 85.2 Å². The number of ether oxygens (including phenoxy) is 2. The number of amides is 2. The number of alkyl halides is 3. The summed E-state index contributed by atoms with van der Waals surface area (Å²) in [6, 6.07) is 13.3. The zero-order valence-electron chi connectivity index (χ0n) is 32.3. The molecule has 2 amide bonds. The molecule has 1 N–H and O–H groups in total. The first-order chi connectivity index (χ1) is 28.5. The molecule has 6 aromatic rings. The molecule has 1 fully saturated rings. The van der Waals surface area contributed by atoms with Gasteiger partial charge in [-0.05, 0) is 60.9 Å². The predicted molar refractivity (Wildman–Crippen MR) is 216 cm³/mol. The molecule has 4 aromatic heterocycles. The van der Waals surface area contributed by atoms with Crippen molar-refractivity contribution in [2.24, 2.45) is 0 Å². The van der Waals surface area contributed by atoms with Gasteiger partial charge in [0.15, 0.2) is 17.3 Å². The molecule has 0 saturated carbocycles. The van der Waals surface area contributed by atoms with Crippen LogP contribution < -0.4 is 20.5 Å². The lowest BCUT2D eigenvalue weighted by Crippen LogP contribution is -2.51. The van der Waals surface area contributed by atoms with Crippen molar-refractivity contribution >= 4 is 56.0 Å². The van der Waals surface area contributed by atoms with Gasteiger partial charge in [0.1, 0.15) is 25.2 Å². The van der Waals surface area contributed by atoms with Crippen LogP contribution in [0.15, 0.2) is 71.1 Å². The van der Waals surface area contributed by atoms with E-state index in [4.69, 9.17) is 14.5 Å². The van der Waals surface area contributed by atoms with Gasteiger partial charge in [-0.1, -0.05) is 43.3 Å². The summed E-state index contributed by atoms with van der Waals surface area (Å²) in [7, 11) is 0. The number of nitrogens with zero attached hydrogens (tertiary/aromatic N) is 8. The van der Waals surface area contributed by atoms with Gasteiger partial charge in [0.05, 0.1) is 23.6 Å². The number of benzene rings is 2. The predicted octanol–water partition coefficient (Wildman–Crippen LogP) is 6.16. The number of anilines is 2. The number of halogens is 3. The second-order valence-corrected chi connectivity index (χ2v) is 15.1. The highest BCUT2D eigenvalue weighted by atomic mass is 32.1. The number of fused-ring (bicyclic) bond motifs is 2. The number of aromatic nitrogens is 6. The zero-order valence-corrected chi connectivity index (χ0v) is 33.1. The van der Waals surface area contributed by atoms with Crippen LogP contribution in [0.25, 0.3) is 21.4 Å². The van der Waals surface area contributed by atoms with Crippen LogP contribution in [0.5, 0.6) is 5.75 Å². The molecule has 0 bridgehead atoms. The Bertz CT molecular complexity index is 2630. The van der Waals surface area contributed by atoms with Crippen molar-refractivity contribution in [2.45, 2.75) is 52.4 Å². The van der Waals surface area contributed by atoms with Crippen LogP contribution in [0, 0.1) is 6.92 Å². The van der Waals surface area contributed by atoms with Gasteiger partial charge in [-0.15, -0.1) is 16.4 Å². The topological polar surface area (TPSA) is 149 Å². The first-order valence-electron chi connectivity index (χ1n) is 19.2. The fraction of sp³-hybridized carbons (Fsp3) is 0.341. The van der Waals surface area contributed by atoms with Crippen LogP contribution in [0.4, 0.5) is 24.5 Å². The smallest absolute Gasteiger partial charge is 0.417 e. The van der Waals surface area contributed by atoms with E-state index in [-0.39, 0.29) is 72.5 Å². The number of allylic oxidation sites excluding steroid dienone is 1. The van der Waals surface area contributed by atoms with Gasteiger partial charge >= 0.3 is 6.18 Å². The average Bonchev–Trinajstić information content (AvgIpc) is 3.83. The van der Waals surface area contributed by atoms with Gasteiger partial charge in [0, 0.05) is 48.6 Å². The van der Waals surface area contributed by atoms with E-state index in [1.807, 2.05) is 48.2 Å². The Morgan fingerprint density at radius 3 is 2.59 bits per heavy atom. The van der Waals surface area contributed by atoms with E-state index in [1.54, 1.807) is 27.8 Å². The van der Waals surface area contributed by atoms with Crippen molar-refractivity contribution < 1.29 is 32.2 Å². The highest BCUT2D eigenvalue weighted by Gasteiger charge is 2.34. The maximum Gasteiger partial charge on any atom is 0.417 e. The van der Waals surface area contributed by atoms with E-state index in [0.717, 1.165) is 35.0 Å². The highest BCUT2D eigenvalue weighted by molar-refractivity contribution is 7.17. The molecule has 0 radical (unpaired) electrons. The molecular weight excluding hydrogens is 788 g/mol. The second-order valence-electron chi connectivity index (χ2n) is 14.2. The quantitative estimate of drug-likeness (QED) is 0.170. The summed E-state index contributed by atoms with van der Waals surface area (Å²) in [6.45, 7) is 5.53. The molecule has 1 saturated heterocycles. The molecule has 0 spiro atoms. The molecular formula is C41H40F3N9O5S. The number of carbonyl (C=O) groups excluding carboxylic acids is 2. The van der Waals surface area contributed by atoms with Gasteiger partial charge in [-0.2, -0.15) is 22.7 Å². The van der Waals surface area contributed by atoms with Gasteiger partial charge in [-0.3, -0.25) is 14.4 Å². The molecule has 2 aliphatic heterocycles. The normalized spacial score (nSPS) is 15.0. The van der Waals surface area contributed by atoms with Crippen molar-refractivity contribution in [3.63, 3.8) is 0 Å². The molecule has 0 aliphatic carbocycles. The van der Waals surface area contributed by atoms with E-state index < -0.39 is 23.2 Å². The Hall–Kier alpha value is -6.14. The molecule has 0 unspecified atom stereocenters. The van der Waals surface area contributed by atoms with E-state index in [1.165, 1.54) is 16.9 Å². The minimum atomic E-state index is -4.56. The number of piperazine rings is 1. The second kappa shape index (κ2) is 16.6. The third kappa shape index (κ3) is 8.01. The summed E-state index contributed by atoms with van der Waals surface area (Å²) < 4.78 is 55.9. The molecule has 8 rings (SSSR count). The Balaban J connectivity index is 1.10. The van der Waals surface area contributed by atoms with Crippen molar-refractivity contribution in [3.8, 4) is 5.75 Å². The maximum atomic E-state index is 14.5. The Morgan fingerprint density at radius 1 is 1.03 bits per heavy atom. The van der Waals surface area contributed by atoms with E-state index in [9.17, 15) is 27.6 Å². The first kappa shape index (κ1) is 39.7. The van der Waals surface area contributed by atoms with Gasteiger partial charge < -0.3 is 29.2 Å². The largest absolute Gasteiger partial charge is 0.485 e. The fourth-order valence-corrected chi connectivity index (χ4v) is 8.46. The third-order valence-electron chi connectivity index (χ3n) is 10.4. The molecule has 18 heteroatoms. The monoisotopic (exact) mass is 827 g/mol. The summed E-state index contributed by atoms with van der Waals surface area (Å²) in [6.07, 6.45) is 0.350. The minimum Gasteiger partial charge on any atom is -0.485 e. The van der Waals surface area contributed by atoms with Crippen LogP contribution in [-0.2, 0) is 35.3 Å². The molecule has 0 atom stereocenters. The summed E-state index contributed by atoms with van der Waals surface area (Å²) >= 11 is 0.944. The minimum absolute atomic E-state index is 0.0174. The number of nitrogens with one attached hydrogen (secondary N) is 1. The zero-order chi connectivity index (χ0) is 41.3. The van der Waals surface area contributed by atoms with Crippen LogP contribution in [0.3, 0.4) is 0 Å². The molecule has 14 nitrogen and oxygen atoms in total. The highest BCUT2D eigenvalue weighted by Crippen LogP contribution is 2.40. The summed E-state index contributed by atoms with van der Waals surface area (Å²) in [5.74, 6) is -0.0728. The number of hydrogen-bond acceptors (Lipinski definition) is 11. The number of thiophene rings is 1. The average molecular weight is 828 g/mol. The van der Waals surface area contributed by atoms with Gasteiger partial charge in [-0.25, -0.2) is 9.97 Å². The summed E-state index contributed by atoms with van der Waals surface area (Å²) in [5.41, 5.74) is 2.27. The van der Waals surface area contributed by atoms with Crippen LogP contribution in [0.1, 0.15) is 58.6 Å². The molecule has 306 valence electrons. The lowest BCUT2D eigenvalue weighted by atomic mass is 10.1. The SMILES string of the molecule is CCc1c(N2CCN(C(=O)c3ncnc(C)c3OCc3ccccc3)CC2)c(=O)n2nc(C3=CCOCCC3)nc2n1CC(=O)Nc1ccc(C(F)(F)F)c2sccc12. The number of carbonyl (C=O) groups is 2. The lowest BCUT2D eigenvalue weighted by Gasteiger charge is -2.36. The van der Waals surface area contributed by atoms with Gasteiger partial charge in [0.25, 0.3) is 11.5 Å². The Kier molecular flexibility index (Phi) is 11.2. The summed E-state index contributed by atoms with van der Waals surface area (Å²) in [5, 5.41) is 9.28. The molecule has 59 heavy (non-hydrogen) atoms. The van der Waals surface area contributed by atoms with Crippen molar-refractivity contribution in [3.05, 3.63) is 111 Å². The van der Waals surface area contributed by atoms with E-state index in [0.29, 0.717) is 54.7 Å². The van der Waals surface area contributed by atoms with Crippen molar-refractivity contribution in [1.29, 1.82) is 0 Å². The third-order valence-corrected chi connectivity index (χ3v) is 11.4. The van der Waals surface area contributed by atoms with Crippen molar-refractivity contribution in [1.82, 2.24) is 34.0 Å². The maximum absolute atomic E-state index is 14.5. The molecule has 2 aromatic carbocycles. The number of hydrogen-bond donors (Lipinski definition) is 1. The number of aryl methyl sites for hydroxylation is 1. The Morgan fingerprint density at radius 2 is 1.83 bits per heavy atom. The number of rotatable bonds is 10. The standard InChI is InChI=1S/C41H40F3N9O5S/c1-3-31-34(50-15-17-51(18-16-50)38(55)33-35(25(2)45-24-46-33)58-23-26-8-5-4-6-9-26)39(56)53-40(48-37(49-53)27-10-7-19-57-20-13-27)52(31)22-32(54)47-30-12-11-29(41(42,43)44)36-28(30)14-21-59-36/h4-6,8-9,11-14,21,24H,3,7,10,15-20,22-23H2,1-2H3,(H,47,54). The van der Waals surface area contributed by atoms with E-state index in [2.05, 4.69) is 20.4 Å². The Labute approximate surface area is 339 Å². The lowest BCUT2D eigenvalue weighted by molar-refractivity contribution is -0.136. The summed E-state index contributed by atoms with van der Waals surface area (Å²) in [4.78, 5) is 59.3. The first-order valence-corrected chi connectivity index (χ1v) is 20.1. The van der Waals surface area contributed by atoms with Crippen molar-refractivity contribution in [2.75, 3.05) is 49.6 Å². The molecule has 6 heterocycles. The van der Waals surface area contributed by atoms with Gasteiger partial charge in [0.2, 0.25) is 11.7 Å². The van der Waals surface area contributed by atoms with E-state index >= 15 is 0 Å². The molecule has 2 aliphatic rings. The van der Waals surface area contributed by atoms with Crippen LogP contribution in [0.2, 0.25) is 0 Å². The van der Waals surface area contributed by atoms with Crippen LogP contribution >= 0.6 is 11.3 Å². The fourth-order valence-electron chi connectivity index (χ4n) is 7.51.